The number of para-hydroxylation sites is 1. The number of rotatable bonds is 4. The average molecular weight is 368 g/mol. The Balaban J connectivity index is 1.31. The van der Waals surface area contributed by atoms with Crippen molar-refractivity contribution in [2.45, 2.75) is 38.7 Å². The van der Waals surface area contributed by atoms with Gasteiger partial charge in [-0.15, -0.1) is 0 Å². The zero-order valence-electron chi connectivity index (χ0n) is 14.4. The smallest absolute Gasteiger partial charge is 0.306 e. The first-order valence-electron chi connectivity index (χ1n) is 9.23. The molecule has 2 aliphatic rings. The molecular formula is C20H20N2O3S. The van der Waals surface area contributed by atoms with Gasteiger partial charge < -0.3 is 4.74 Å². The zero-order valence-corrected chi connectivity index (χ0v) is 15.2. The van der Waals surface area contributed by atoms with Crippen LogP contribution in [0.1, 0.15) is 37.8 Å². The van der Waals surface area contributed by atoms with E-state index < -0.39 is 0 Å². The van der Waals surface area contributed by atoms with Gasteiger partial charge in [-0.2, -0.15) is 0 Å². The summed E-state index contributed by atoms with van der Waals surface area (Å²) in [6.07, 6.45) is 5.57. The minimum absolute atomic E-state index is 0.0691. The monoisotopic (exact) mass is 368 g/mol. The summed E-state index contributed by atoms with van der Waals surface area (Å²) in [6.45, 7) is 0.0691. The van der Waals surface area contributed by atoms with Gasteiger partial charge >= 0.3 is 5.97 Å². The summed E-state index contributed by atoms with van der Waals surface area (Å²) < 4.78 is 8.06. The van der Waals surface area contributed by atoms with Gasteiger partial charge in [0.05, 0.1) is 15.9 Å². The molecular weight excluding hydrogens is 348 g/mol. The molecule has 2 bridgehead atoms. The zero-order chi connectivity index (χ0) is 17.7. The number of carbonyl (C=O) groups excluding carboxylic acids is 1. The van der Waals surface area contributed by atoms with Gasteiger partial charge in [-0.3, -0.25) is 14.0 Å². The lowest BCUT2D eigenvalue weighted by Gasteiger charge is -2.20. The first-order valence-corrected chi connectivity index (χ1v) is 10.0. The van der Waals surface area contributed by atoms with Crippen LogP contribution < -0.4 is 5.56 Å². The highest BCUT2D eigenvalue weighted by atomic mass is 32.1. The predicted molar refractivity (Wildman–Crippen MR) is 100 cm³/mol. The fourth-order valence-electron chi connectivity index (χ4n) is 4.75. The highest BCUT2D eigenvalue weighted by Crippen LogP contribution is 2.49. The van der Waals surface area contributed by atoms with Crippen LogP contribution in [0.25, 0.3) is 15.2 Å². The molecule has 6 heteroatoms. The van der Waals surface area contributed by atoms with Gasteiger partial charge in [0.2, 0.25) is 0 Å². The number of nitrogens with zero attached hydrogens (tertiary/aromatic N) is 2. The summed E-state index contributed by atoms with van der Waals surface area (Å²) in [4.78, 5) is 29.8. The molecule has 26 heavy (non-hydrogen) atoms. The van der Waals surface area contributed by atoms with Crippen molar-refractivity contribution in [3.05, 3.63) is 46.4 Å². The lowest BCUT2D eigenvalue weighted by molar-refractivity contribution is -0.146. The molecule has 3 aromatic rings. The Morgan fingerprint density at radius 3 is 2.96 bits per heavy atom. The van der Waals surface area contributed by atoms with Gasteiger partial charge in [-0.1, -0.05) is 29.9 Å². The number of hydrogen-bond donors (Lipinski definition) is 0. The lowest BCUT2D eigenvalue weighted by atomic mass is 9.86. The van der Waals surface area contributed by atoms with Crippen molar-refractivity contribution in [1.29, 1.82) is 0 Å². The first-order chi connectivity index (χ1) is 12.7. The molecule has 0 amide bonds. The molecule has 2 saturated carbocycles. The minimum atomic E-state index is -0.166. The number of ether oxygens (including phenoxy) is 1. The van der Waals surface area contributed by atoms with E-state index in [1.54, 1.807) is 4.40 Å². The summed E-state index contributed by atoms with van der Waals surface area (Å²) in [6, 6.07) is 9.21. The predicted octanol–water partition coefficient (Wildman–Crippen LogP) is 3.78. The molecule has 0 unspecified atom stereocenters. The Hall–Kier alpha value is -2.21. The van der Waals surface area contributed by atoms with Crippen molar-refractivity contribution in [2.75, 3.05) is 0 Å². The van der Waals surface area contributed by atoms with Gasteiger partial charge in [-0.05, 0) is 49.1 Å². The number of hydrogen-bond acceptors (Lipinski definition) is 5. The second kappa shape index (κ2) is 6.20. The van der Waals surface area contributed by atoms with Gasteiger partial charge in [0.25, 0.3) is 5.56 Å². The fraction of sp³-hybridized carbons (Fsp3) is 0.450. The Labute approximate surface area is 154 Å². The van der Waals surface area contributed by atoms with E-state index in [4.69, 9.17) is 4.74 Å². The van der Waals surface area contributed by atoms with Crippen molar-refractivity contribution in [1.82, 2.24) is 9.38 Å². The molecule has 0 aliphatic heterocycles. The van der Waals surface area contributed by atoms with Crippen LogP contribution in [0.5, 0.6) is 0 Å². The van der Waals surface area contributed by atoms with E-state index in [2.05, 4.69) is 4.98 Å². The third kappa shape index (κ3) is 2.72. The van der Waals surface area contributed by atoms with Crippen LogP contribution in [0, 0.1) is 17.8 Å². The number of esters is 1. The molecule has 0 radical (unpaired) electrons. The lowest BCUT2D eigenvalue weighted by Crippen LogP contribution is -2.18. The van der Waals surface area contributed by atoms with Crippen LogP contribution in [0.3, 0.4) is 0 Å². The van der Waals surface area contributed by atoms with Crippen molar-refractivity contribution in [3.8, 4) is 0 Å². The number of benzene rings is 1. The second-order valence-corrected chi connectivity index (χ2v) is 8.58. The van der Waals surface area contributed by atoms with Gasteiger partial charge in [0, 0.05) is 12.5 Å². The molecule has 3 atom stereocenters. The SMILES string of the molecule is O=C(C[C@@H]1C[C@H]2CC[C@H]1C2)OCc1cc(=O)n2c(n1)sc1ccccc12. The summed E-state index contributed by atoms with van der Waals surface area (Å²) in [5.41, 5.74) is 1.25. The highest BCUT2D eigenvalue weighted by molar-refractivity contribution is 7.23. The molecule has 2 fully saturated rings. The molecule has 5 nitrogen and oxygen atoms in total. The van der Waals surface area contributed by atoms with Crippen molar-refractivity contribution in [2.24, 2.45) is 17.8 Å². The van der Waals surface area contributed by atoms with Gasteiger partial charge in [-0.25, -0.2) is 4.98 Å². The minimum Gasteiger partial charge on any atom is -0.459 e. The molecule has 2 aliphatic carbocycles. The normalized spacial score (nSPS) is 24.5. The Morgan fingerprint density at radius 1 is 1.27 bits per heavy atom. The van der Waals surface area contributed by atoms with Gasteiger partial charge in [0.15, 0.2) is 4.96 Å². The molecule has 134 valence electrons. The van der Waals surface area contributed by atoms with E-state index in [0.29, 0.717) is 28.9 Å². The molecule has 0 N–H and O–H groups in total. The van der Waals surface area contributed by atoms with Crippen LogP contribution in [-0.2, 0) is 16.1 Å². The molecule has 0 saturated heterocycles. The van der Waals surface area contributed by atoms with E-state index in [1.165, 1.54) is 43.1 Å². The van der Waals surface area contributed by atoms with Crippen LogP contribution in [0.15, 0.2) is 35.1 Å². The third-order valence-electron chi connectivity index (χ3n) is 5.94. The van der Waals surface area contributed by atoms with Crippen molar-refractivity contribution in [3.63, 3.8) is 0 Å². The van der Waals surface area contributed by atoms with E-state index in [9.17, 15) is 9.59 Å². The molecule has 0 spiro atoms. The van der Waals surface area contributed by atoms with Crippen LogP contribution in [0.2, 0.25) is 0 Å². The maximum atomic E-state index is 12.5. The fourth-order valence-corrected chi connectivity index (χ4v) is 5.80. The molecule has 1 aromatic carbocycles. The van der Waals surface area contributed by atoms with E-state index in [0.717, 1.165) is 16.1 Å². The summed E-state index contributed by atoms with van der Waals surface area (Å²) >= 11 is 1.47. The Kier molecular flexibility index (Phi) is 3.81. The van der Waals surface area contributed by atoms with Crippen LogP contribution in [0.4, 0.5) is 0 Å². The van der Waals surface area contributed by atoms with Crippen molar-refractivity contribution >= 4 is 32.5 Å². The number of fused-ring (bicyclic) bond motifs is 5. The van der Waals surface area contributed by atoms with E-state index in [-0.39, 0.29) is 18.1 Å². The molecule has 2 heterocycles. The average Bonchev–Trinajstić information content (AvgIpc) is 3.33. The number of aromatic nitrogens is 2. The van der Waals surface area contributed by atoms with Gasteiger partial charge in [0.1, 0.15) is 6.61 Å². The van der Waals surface area contributed by atoms with E-state index in [1.807, 2.05) is 24.3 Å². The molecule has 2 aromatic heterocycles. The first kappa shape index (κ1) is 16.0. The third-order valence-corrected chi connectivity index (χ3v) is 6.96. The van der Waals surface area contributed by atoms with Crippen LogP contribution >= 0.6 is 11.3 Å². The van der Waals surface area contributed by atoms with Crippen LogP contribution in [-0.4, -0.2) is 15.4 Å². The summed E-state index contributed by atoms with van der Waals surface area (Å²) in [5, 5.41) is 0. The highest BCUT2D eigenvalue weighted by Gasteiger charge is 2.40. The largest absolute Gasteiger partial charge is 0.459 e. The Bertz CT molecular complexity index is 1050. The number of carbonyl (C=O) groups is 1. The maximum Gasteiger partial charge on any atom is 0.306 e. The quantitative estimate of drug-likeness (QED) is 0.658. The second-order valence-electron chi connectivity index (χ2n) is 7.57. The molecule has 5 rings (SSSR count). The Morgan fingerprint density at radius 2 is 2.15 bits per heavy atom. The van der Waals surface area contributed by atoms with Crippen molar-refractivity contribution < 1.29 is 9.53 Å². The maximum absolute atomic E-state index is 12.5. The summed E-state index contributed by atoms with van der Waals surface area (Å²) in [5.74, 6) is 1.87. The summed E-state index contributed by atoms with van der Waals surface area (Å²) in [7, 11) is 0. The topological polar surface area (TPSA) is 60.7 Å². The number of thiazole rings is 1. The van der Waals surface area contributed by atoms with E-state index >= 15 is 0 Å². The standard InChI is InChI=1S/C20H20N2O3S/c23-18-10-15(21-20-22(18)16-3-1-2-4-17(16)26-20)11-25-19(24)9-14-8-12-5-6-13(14)7-12/h1-4,10,12-14H,5-9,11H2/t12-,13-,14-/m0/s1.